The van der Waals surface area contributed by atoms with Crippen molar-refractivity contribution in [1.82, 2.24) is 44.9 Å². The third-order valence-corrected chi connectivity index (χ3v) is 34.3. The molecule has 133 heavy (non-hydrogen) atoms. The Morgan fingerprint density at radius 1 is 0.474 bits per heavy atom. The van der Waals surface area contributed by atoms with Crippen LogP contribution in [0, 0.1) is 41.1 Å². The second-order valence-corrected chi connectivity index (χ2v) is 48.8. The number of nitrogens with one attached hydrogen (secondary N) is 8. The maximum Gasteiger partial charge on any atom is 0.340 e. The first-order valence-corrected chi connectivity index (χ1v) is 51.7. The van der Waals surface area contributed by atoms with E-state index in [0.717, 1.165) is 102 Å². The molecule has 716 valence electrons. The molecule has 30 nitrogen and oxygen atoms in total. The fraction of sp³-hybridized carbons (Fsp3) is 0.352. The summed E-state index contributed by atoms with van der Waals surface area (Å²) in [5, 5.41) is 16.0. The smallest absolute Gasteiger partial charge is 0.340 e. The van der Waals surface area contributed by atoms with Crippen LogP contribution in [0.2, 0.25) is 33.2 Å². The van der Waals surface area contributed by atoms with Gasteiger partial charge >= 0.3 is 23.9 Å². The Morgan fingerprint density at radius 2 is 0.857 bits per heavy atom. The van der Waals surface area contributed by atoms with E-state index in [1.165, 1.54) is 77.8 Å². The predicted octanol–water partition coefficient (Wildman–Crippen LogP) is 19.4. The molecule has 12 aromatic rings. The van der Waals surface area contributed by atoms with E-state index in [0.29, 0.717) is 29.8 Å². The molecule has 0 bridgehead atoms. The molecular weight excluding hydrogens is 1890 g/mol. The Morgan fingerprint density at radius 3 is 1.30 bits per heavy atom. The highest BCUT2D eigenvalue weighted by molar-refractivity contribution is 9.10. The minimum atomic E-state index is -3.86. The van der Waals surface area contributed by atoms with Crippen molar-refractivity contribution >= 4 is 173 Å². The number of hydrogen-bond acceptors (Lipinski definition) is 23. The monoisotopic (exact) mass is 2000 g/mol. The Kier molecular flexibility index (Phi) is 41.8. The molecule has 0 saturated heterocycles. The van der Waals surface area contributed by atoms with Crippen molar-refractivity contribution in [3.05, 3.63) is 236 Å². The molecule has 42 heteroatoms. The molecule has 1 atom stereocenters. The number of ether oxygens (including phenoxy) is 4. The van der Waals surface area contributed by atoms with Crippen LogP contribution in [0.1, 0.15) is 214 Å². The van der Waals surface area contributed by atoms with Crippen molar-refractivity contribution in [3.8, 4) is 0 Å². The number of rotatable bonds is 27. The van der Waals surface area contributed by atoms with E-state index in [9.17, 15) is 85.5 Å². The summed E-state index contributed by atoms with van der Waals surface area (Å²) in [5.74, 6) is -10.2. The number of aliphatic hydroxyl groups is 1. The maximum atomic E-state index is 15.0. The number of hydrogen-bond donors (Lipinski definition) is 9. The van der Waals surface area contributed by atoms with Gasteiger partial charge in [-0.2, -0.15) is 10.3 Å². The Balaban J connectivity index is 0.000000244. The lowest BCUT2D eigenvalue weighted by Gasteiger charge is -2.26. The molecule has 0 amide bonds. The van der Waals surface area contributed by atoms with Crippen LogP contribution < -0.4 is 19.5 Å². The minimum absolute atomic E-state index is 0.00227. The van der Waals surface area contributed by atoms with Gasteiger partial charge in [-0.3, -0.25) is 23.8 Å². The number of aliphatic hydroxyl groups excluding tert-OH is 1. The van der Waals surface area contributed by atoms with Gasteiger partial charge in [-0.15, -0.1) is 0 Å². The van der Waals surface area contributed by atoms with Gasteiger partial charge in [-0.05, 0) is 108 Å². The number of nitrogens with zero attached hydrogens (tertiary/aromatic N) is 5. The van der Waals surface area contributed by atoms with Gasteiger partial charge in [-0.1, -0.05) is 137 Å². The largest absolute Gasteiger partial charge is 0.465 e. The summed E-state index contributed by atoms with van der Waals surface area (Å²) in [6.45, 7) is 33.5. The van der Waals surface area contributed by atoms with E-state index in [2.05, 4.69) is 179 Å². The number of methoxy groups -OCH3 is 4. The lowest BCUT2D eigenvalue weighted by Crippen LogP contribution is -2.24. The third kappa shape index (κ3) is 30.7. The number of aldehydes is 1. The lowest BCUT2D eigenvalue weighted by atomic mass is 9.99. The van der Waals surface area contributed by atoms with Crippen LogP contribution in [0.5, 0.6) is 0 Å². The van der Waals surface area contributed by atoms with Gasteiger partial charge in [0.25, 0.3) is 5.82 Å². The van der Waals surface area contributed by atoms with Crippen molar-refractivity contribution in [2.24, 2.45) is 0 Å². The maximum absolute atomic E-state index is 15.0. The number of fused-ring (bicyclic) bond motifs is 5. The Labute approximate surface area is 780 Å². The molecule has 1 aliphatic heterocycles. The molecule has 0 radical (unpaired) electrons. The van der Waals surface area contributed by atoms with E-state index < -0.39 is 140 Å². The average molecular weight is 2010 g/mol. The van der Waals surface area contributed by atoms with E-state index >= 15 is 0 Å². The van der Waals surface area contributed by atoms with Crippen LogP contribution in [-0.2, 0) is 49.0 Å². The molecular formula is C91H111BrF6N13O17S3Si2+. The Bertz CT molecular complexity index is 6380. The number of anilines is 4. The molecule has 9 aromatic heterocycles. The molecule has 0 fully saturated rings. The highest BCUT2D eigenvalue weighted by atomic mass is 79.9. The highest BCUT2D eigenvalue weighted by Crippen LogP contribution is 2.37. The average Bonchev–Trinajstić information content (AvgIpc) is 1.62. The van der Waals surface area contributed by atoms with E-state index in [1.807, 2.05) is 33.8 Å². The molecule has 3 aromatic carbocycles. The van der Waals surface area contributed by atoms with Gasteiger partial charge < -0.3 is 44.0 Å². The number of pyridine rings is 5. The molecule has 1 unspecified atom stereocenters. The van der Waals surface area contributed by atoms with Crippen LogP contribution in [0.3, 0.4) is 0 Å². The topological polar surface area (TPSA) is 438 Å². The van der Waals surface area contributed by atoms with Crippen molar-refractivity contribution in [2.45, 2.75) is 162 Å². The van der Waals surface area contributed by atoms with Crippen LogP contribution >= 0.6 is 15.9 Å². The van der Waals surface area contributed by atoms with E-state index in [4.69, 9.17) is 0 Å². The number of sulfonamides is 3. The highest BCUT2D eigenvalue weighted by Gasteiger charge is 2.31. The zero-order chi connectivity index (χ0) is 99.3. The normalized spacial score (nSPS) is 11.7. The molecule has 0 saturated carbocycles. The standard InChI is InChI=1S/C19H19F2N3O5S.C19H17F2N3O5S.C10H11F2NO3S.C9H8N2O2.C9H6N2O2.2C9H22Si.C7H5BrN2/c2*1-3-6-30(27,28)24-14-5-4-13(20)15(16(14)21)17(25)12-9-23-18-11(12)7-10(8-22-18)19(26)29-2;1-2-5-17(15,16)13-9-4-3-8(11)7(6-14)10(9)12;2*1-13-9(12)7-4-6-2-3-10-8(6)11-5-7;2*1-7(2)10(8(3)4)9(5)6;8-6-3-5-1-2-9-7(5)10-4-6/h4-5,7-9,17,24-25H,3,6H2,1-2H3,(H,22,23);4-5,7-9,24H,3,6H2,1-2H3,(H,22,23);3-4,6,13H,2,5H2,1H3;2-5H,1H3,(H,10,11);2,4-5H,1H3;2*7-10H,1-6H3;1-4H,(H,9,10)/p+1. The summed E-state index contributed by atoms with van der Waals surface area (Å²) in [6, 6.07) is 17.3. The van der Waals surface area contributed by atoms with E-state index in [1.54, 1.807) is 51.4 Å². The summed E-state index contributed by atoms with van der Waals surface area (Å²) >= 11 is 3.34. The van der Waals surface area contributed by atoms with Crippen molar-refractivity contribution < 1.29 is 104 Å². The summed E-state index contributed by atoms with van der Waals surface area (Å²) in [5.41, 5.74) is 5.91. The lowest BCUT2D eigenvalue weighted by molar-refractivity contribution is 0.0591. The summed E-state index contributed by atoms with van der Waals surface area (Å²) in [4.78, 5) is 101. The minimum Gasteiger partial charge on any atom is -0.465 e. The second-order valence-electron chi connectivity index (χ2n) is 32.1. The molecule has 0 spiro atoms. The van der Waals surface area contributed by atoms with Crippen molar-refractivity contribution in [3.63, 3.8) is 0 Å². The number of carbonyl (C=O) groups is 6. The molecule has 0 aliphatic carbocycles. The first kappa shape index (κ1) is 110. The van der Waals surface area contributed by atoms with Crippen molar-refractivity contribution in [1.29, 1.82) is 0 Å². The zero-order valence-corrected chi connectivity index (χ0v) is 83.2. The zero-order valence-electron chi connectivity index (χ0n) is 76.9. The second kappa shape index (κ2) is 50.7. The third-order valence-electron chi connectivity index (χ3n) is 20.2. The van der Waals surface area contributed by atoms with Crippen LogP contribution in [0.15, 0.2) is 139 Å². The first-order valence-electron chi connectivity index (χ1n) is 42.0. The molecule has 1 aliphatic rings. The Hall–Kier alpha value is -12.1. The summed E-state index contributed by atoms with van der Waals surface area (Å²) in [7, 11) is -7.22. The molecule has 9 N–H and O–H groups in total. The number of benzene rings is 3. The van der Waals surface area contributed by atoms with Gasteiger partial charge in [0.15, 0.2) is 29.3 Å². The predicted molar refractivity (Wildman–Crippen MR) is 513 cm³/mol. The number of halogens is 7. The van der Waals surface area contributed by atoms with Gasteiger partial charge in [0, 0.05) is 110 Å². The number of carbonyl (C=O) groups excluding carboxylic acids is 6. The van der Waals surface area contributed by atoms with Gasteiger partial charge in [0.1, 0.15) is 58.4 Å². The van der Waals surface area contributed by atoms with Gasteiger partial charge in [0.2, 0.25) is 35.9 Å². The molecule has 13 rings (SSSR count). The van der Waals surface area contributed by atoms with Gasteiger partial charge in [-0.25, -0.2) is 90.7 Å². The fourth-order valence-corrected chi connectivity index (χ4v) is 27.9. The van der Waals surface area contributed by atoms with E-state index in [-0.39, 0.29) is 86.2 Å². The fourth-order valence-electron chi connectivity index (χ4n) is 15.0. The first-order chi connectivity index (χ1) is 62.7. The van der Waals surface area contributed by atoms with Crippen LogP contribution in [0.4, 0.5) is 49.2 Å². The summed E-state index contributed by atoms with van der Waals surface area (Å²) in [6.07, 6.45) is 17.0. The quantitative estimate of drug-likeness (QED) is 0.00439. The summed E-state index contributed by atoms with van der Waals surface area (Å²) < 4.78 is 181. The number of esters is 4. The number of H-pyrrole nitrogens is 4. The number of aromatic amines is 4. The number of aromatic nitrogens is 9. The van der Waals surface area contributed by atoms with Gasteiger partial charge in [0.05, 0.1) is 108 Å². The van der Waals surface area contributed by atoms with Crippen molar-refractivity contribution in [2.75, 3.05) is 65.2 Å². The molecule has 10 heterocycles. The SMILES string of the molecule is Brc1cnc2[nH]ccc2c1.CC(C)[SiH](C(C)C)C(C)C.CC(C)[SiH](C(C)C)C(C)C.CCCS(=O)(=O)Nc1ccc(F)c(C(=O)c2c[nH]c3ncc(C(=O)OC)cc23)c1F.CCCS(=O)(=O)Nc1ccc(F)c(C(O)c2c[nH]c3ncc(C(=O)OC)cc23)c1F.CCCS(=O)(=O)Nc1ccc(F)c(C=O)c1F.COC(=O)c1cnc2[nH]ccc2c1.COC(=O)c1cnc2c(c1)C=[C+]N2. The van der Waals surface area contributed by atoms with Crippen LogP contribution in [-0.4, -0.2) is 174 Å². The van der Waals surface area contributed by atoms with Crippen LogP contribution in [0.25, 0.3) is 50.2 Å². The number of ketones is 1.